The number of rotatable bonds is 2. The third-order valence-corrected chi connectivity index (χ3v) is 2.39. The van der Waals surface area contributed by atoms with E-state index in [9.17, 15) is 4.79 Å². The molecule has 0 bridgehead atoms. The summed E-state index contributed by atoms with van der Waals surface area (Å²) in [5.74, 6) is 0.212. The van der Waals surface area contributed by atoms with E-state index in [1.54, 1.807) is 10.5 Å². The standard InChI is InChI=1S/C8H7N3O2S/c1-13-7(12)3-2-6-9-10-8-11(6)4-5-14-8/h2-5H,1H3/b3-2+. The number of carbonyl (C=O) groups is 1. The normalized spacial score (nSPS) is 11.2. The van der Waals surface area contributed by atoms with Gasteiger partial charge in [0.25, 0.3) is 0 Å². The van der Waals surface area contributed by atoms with Crippen molar-refractivity contribution in [3.8, 4) is 0 Å². The molecule has 0 aliphatic carbocycles. The smallest absolute Gasteiger partial charge is 0.330 e. The first-order valence-electron chi connectivity index (χ1n) is 3.85. The van der Waals surface area contributed by atoms with Gasteiger partial charge in [0.1, 0.15) is 0 Å². The lowest BCUT2D eigenvalue weighted by atomic mass is 10.5. The van der Waals surface area contributed by atoms with Crippen molar-refractivity contribution in [1.29, 1.82) is 0 Å². The van der Waals surface area contributed by atoms with Crippen molar-refractivity contribution in [3.05, 3.63) is 23.5 Å². The summed E-state index contributed by atoms with van der Waals surface area (Å²) in [7, 11) is 1.33. The van der Waals surface area contributed by atoms with Crippen LogP contribution in [0.25, 0.3) is 11.0 Å². The summed E-state index contributed by atoms with van der Waals surface area (Å²) in [5.41, 5.74) is 0. The van der Waals surface area contributed by atoms with E-state index < -0.39 is 5.97 Å². The van der Waals surface area contributed by atoms with Crippen molar-refractivity contribution in [2.75, 3.05) is 7.11 Å². The molecule has 72 valence electrons. The molecule has 0 fully saturated rings. The van der Waals surface area contributed by atoms with Crippen LogP contribution < -0.4 is 0 Å². The maximum Gasteiger partial charge on any atom is 0.330 e. The zero-order valence-electron chi connectivity index (χ0n) is 7.38. The Morgan fingerprint density at radius 3 is 3.29 bits per heavy atom. The van der Waals surface area contributed by atoms with Crippen LogP contribution in [-0.2, 0) is 9.53 Å². The highest BCUT2D eigenvalue weighted by atomic mass is 32.1. The summed E-state index contributed by atoms with van der Waals surface area (Å²) in [5, 5.41) is 9.70. The van der Waals surface area contributed by atoms with Gasteiger partial charge in [-0.05, 0) is 6.08 Å². The molecule has 0 radical (unpaired) electrons. The van der Waals surface area contributed by atoms with Crippen molar-refractivity contribution >= 4 is 28.3 Å². The molecule has 0 saturated carbocycles. The Hall–Kier alpha value is -1.69. The van der Waals surface area contributed by atoms with Crippen molar-refractivity contribution < 1.29 is 9.53 Å². The van der Waals surface area contributed by atoms with Crippen LogP contribution in [0.4, 0.5) is 0 Å². The molecule has 0 aliphatic heterocycles. The molecular weight excluding hydrogens is 202 g/mol. The quantitative estimate of drug-likeness (QED) is 0.546. The average molecular weight is 209 g/mol. The van der Waals surface area contributed by atoms with E-state index in [0.717, 1.165) is 4.96 Å². The number of fused-ring (bicyclic) bond motifs is 1. The van der Waals surface area contributed by atoms with Crippen LogP contribution in [0.1, 0.15) is 5.82 Å². The zero-order valence-corrected chi connectivity index (χ0v) is 8.19. The minimum atomic E-state index is -0.406. The fraction of sp³-hybridized carbons (Fsp3) is 0.125. The lowest BCUT2D eigenvalue weighted by Gasteiger charge is -1.88. The molecule has 0 aromatic carbocycles. The van der Waals surface area contributed by atoms with Gasteiger partial charge in [0.15, 0.2) is 5.82 Å². The Bertz CT molecular complexity index is 485. The van der Waals surface area contributed by atoms with E-state index in [1.807, 2.05) is 11.6 Å². The van der Waals surface area contributed by atoms with E-state index >= 15 is 0 Å². The average Bonchev–Trinajstić information content (AvgIpc) is 2.76. The van der Waals surface area contributed by atoms with Crippen LogP contribution in [-0.4, -0.2) is 27.7 Å². The van der Waals surface area contributed by atoms with Gasteiger partial charge < -0.3 is 4.74 Å². The summed E-state index contributed by atoms with van der Waals surface area (Å²) in [6.07, 6.45) is 4.73. The van der Waals surface area contributed by atoms with Gasteiger partial charge >= 0.3 is 5.97 Å². The Balaban J connectivity index is 2.31. The van der Waals surface area contributed by atoms with Crippen LogP contribution >= 0.6 is 11.3 Å². The van der Waals surface area contributed by atoms with Gasteiger partial charge in [-0.15, -0.1) is 21.5 Å². The second-order valence-electron chi connectivity index (χ2n) is 2.47. The van der Waals surface area contributed by atoms with Gasteiger partial charge in [-0.1, -0.05) is 0 Å². The van der Waals surface area contributed by atoms with Crippen LogP contribution in [0.2, 0.25) is 0 Å². The minimum Gasteiger partial charge on any atom is -0.466 e. The maximum absolute atomic E-state index is 10.8. The first kappa shape index (κ1) is 8.89. The number of carbonyl (C=O) groups excluding carboxylic acids is 1. The highest BCUT2D eigenvalue weighted by Gasteiger charge is 2.02. The monoisotopic (exact) mass is 209 g/mol. The second kappa shape index (κ2) is 3.59. The number of hydrogen-bond acceptors (Lipinski definition) is 5. The Kier molecular flexibility index (Phi) is 2.28. The van der Waals surface area contributed by atoms with Crippen molar-refractivity contribution in [2.45, 2.75) is 0 Å². The highest BCUT2D eigenvalue weighted by Crippen LogP contribution is 2.10. The summed E-state index contributed by atoms with van der Waals surface area (Å²) < 4.78 is 6.26. The number of nitrogens with zero attached hydrogens (tertiary/aromatic N) is 3. The third-order valence-electron chi connectivity index (χ3n) is 1.64. The molecule has 0 saturated heterocycles. The van der Waals surface area contributed by atoms with Gasteiger partial charge in [-0.2, -0.15) is 0 Å². The van der Waals surface area contributed by atoms with E-state index in [2.05, 4.69) is 14.9 Å². The maximum atomic E-state index is 10.8. The first-order valence-corrected chi connectivity index (χ1v) is 4.73. The molecular formula is C8H7N3O2S. The predicted molar refractivity (Wildman–Crippen MR) is 51.9 cm³/mol. The summed E-state index contributed by atoms with van der Waals surface area (Å²) in [6.45, 7) is 0. The molecule has 2 rings (SSSR count). The van der Waals surface area contributed by atoms with Crippen LogP contribution in [0.5, 0.6) is 0 Å². The largest absolute Gasteiger partial charge is 0.466 e. The summed E-state index contributed by atoms with van der Waals surface area (Å²) >= 11 is 1.49. The number of aromatic nitrogens is 3. The van der Waals surface area contributed by atoms with Crippen LogP contribution in [0, 0.1) is 0 Å². The van der Waals surface area contributed by atoms with Gasteiger partial charge in [0, 0.05) is 17.7 Å². The van der Waals surface area contributed by atoms with Gasteiger partial charge in [-0.25, -0.2) is 4.79 Å². The van der Waals surface area contributed by atoms with E-state index in [-0.39, 0.29) is 0 Å². The fourth-order valence-electron chi connectivity index (χ4n) is 0.985. The molecule has 0 amide bonds. The van der Waals surface area contributed by atoms with Gasteiger partial charge in [0.2, 0.25) is 4.96 Å². The number of hydrogen-bond donors (Lipinski definition) is 0. The lowest BCUT2D eigenvalue weighted by Crippen LogP contribution is -1.94. The third kappa shape index (κ3) is 1.51. The molecule has 14 heavy (non-hydrogen) atoms. The molecule has 0 atom stereocenters. The number of thiazole rings is 1. The first-order chi connectivity index (χ1) is 6.81. The predicted octanol–water partition coefficient (Wildman–Crippen LogP) is 0.977. The molecule has 6 heteroatoms. The molecule has 0 aliphatic rings. The number of methoxy groups -OCH3 is 1. The molecule has 2 aromatic rings. The highest BCUT2D eigenvalue weighted by molar-refractivity contribution is 7.15. The Morgan fingerprint density at radius 2 is 2.50 bits per heavy atom. The Morgan fingerprint density at radius 1 is 1.64 bits per heavy atom. The zero-order chi connectivity index (χ0) is 9.97. The van der Waals surface area contributed by atoms with Crippen molar-refractivity contribution in [1.82, 2.24) is 14.6 Å². The molecule has 0 spiro atoms. The van der Waals surface area contributed by atoms with E-state index in [0.29, 0.717) is 5.82 Å². The molecule has 5 nitrogen and oxygen atoms in total. The van der Waals surface area contributed by atoms with Crippen LogP contribution in [0.3, 0.4) is 0 Å². The fourth-order valence-corrected chi connectivity index (χ4v) is 1.65. The lowest BCUT2D eigenvalue weighted by molar-refractivity contribution is -0.134. The van der Waals surface area contributed by atoms with E-state index in [1.165, 1.54) is 24.5 Å². The summed E-state index contributed by atoms with van der Waals surface area (Å²) in [4.78, 5) is 11.6. The van der Waals surface area contributed by atoms with Crippen molar-refractivity contribution in [2.24, 2.45) is 0 Å². The number of esters is 1. The number of ether oxygens (including phenoxy) is 1. The molecule has 0 unspecified atom stereocenters. The van der Waals surface area contributed by atoms with E-state index in [4.69, 9.17) is 0 Å². The van der Waals surface area contributed by atoms with Crippen LogP contribution in [0.15, 0.2) is 17.7 Å². The van der Waals surface area contributed by atoms with Gasteiger partial charge in [-0.3, -0.25) is 4.40 Å². The molecule has 2 heterocycles. The SMILES string of the molecule is COC(=O)/C=C/c1nnc2sccn12. The topological polar surface area (TPSA) is 56.5 Å². The molecule has 2 aromatic heterocycles. The Labute approximate surface area is 83.6 Å². The molecule has 0 N–H and O–H groups in total. The minimum absolute atomic E-state index is 0.406. The second-order valence-corrected chi connectivity index (χ2v) is 3.34. The van der Waals surface area contributed by atoms with Gasteiger partial charge in [0.05, 0.1) is 7.11 Å². The van der Waals surface area contributed by atoms with Crippen molar-refractivity contribution in [3.63, 3.8) is 0 Å². The summed E-state index contributed by atoms with van der Waals surface area (Å²) in [6, 6.07) is 0.